The molecule has 0 aliphatic rings. The summed E-state index contributed by atoms with van der Waals surface area (Å²) in [4.78, 5) is 18.5. The Morgan fingerprint density at radius 3 is 2.82 bits per heavy atom. The minimum Gasteiger partial charge on any atom is -0.464 e. The molecule has 7 heteroatoms. The van der Waals surface area contributed by atoms with E-state index >= 15 is 0 Å². The topological polar surface area (TPSA) is 65.2 Å². The number of carbonyl (C=O) groups excluding carboxylic acids is 1. The number of furan rings is 1. The molecular weight excluding hydrogens is 295 g/mol. The van der Waals surface area contributed by atoms with Crippen LogP contribution in [0.1, 0.15) is 10.5 Å². The molecule has 0 aromatic carbocycles. The van der Waals surface area contributed by atoms with Crippen molar-refractivity contribution in [1.29, 1.82) is 0 Å². The van der Waals surface area contributed by atoms with Gasteiger partial charge in [0.2, 0.25) is 0 Å². The SMILES string of the molecule is COC(=O)c1ncnc(-c2ccc(Br)o2)c1F. The minimum atomic E-state index is -0.874. The van der Waals surface area contributed by atoms with Gasteiger partial charge in [-0.1, -0.05) is 0 Å². The lowest BCUT2D eigenvalue weighted by Gasteiger charge is -2.02. The summed E-state index contributed by atoms with van der Waals surface area (Å²) in [6.45, 7) is 0. The van der Waals surface area contributed by atoms with Crippen LogP contribution in [0.3, 0.4) is 0 Å². The van der Waals surface area contributed by atoms with Gasteiger partial charge in [0.15, 0.2) is 21.9 Å². The molecule has 2 rings (SSSR count). The van der Waals surface area contributed by atoms with Gasteiger partial charge in [0.1, 0.15) is 12.0 Å². The number of carbonyl (C=O) groups is 1. The summed E-state index contributed by atoms with van der Waals surface area (Å²) in [5, 5.41) is 0. The van der Waals surface area contributed by atoms with Crippen LogP contribution in [0.15, 0.2) is 27.5 Å². The van der Waals surface area contributed by atoms with Crippen molar-refractivity contribution in [3.05, 3.63) is 34.6 Å². The highest BCUT2D eigenvalue weighted by atomic mass is 79.9. The number of ether oxygens (including phenoxy) is 1. The second-order valence-electron chi connectivity index (χ2n) is 2.98. The smallest absolute Gasteiger partial charge is 0.359 e. The summed E-state index contributed by atoms with van der Waals surface area (Å²) in [6, 6.07) is 3.12. The van der Waals surface area contributed by atoms with E-state index in [-0.39, 0.29) is 11.5 Å². The van der Waals surface area contributed by atoms with Gasteiger partial charge in [0.25, 0.3) is 0 Å². The molecule has 5 nitrogen and oxygen atoms in total. The van der Waals surface area contributed by atoms with Gasteiger partial charge in [-0.15, -0.1) is 0 Å². The fourth-order valence-corrected chi connectivity index (χ4v) is 1.53. The summed E-state index contributed by atoms with van der Waals surface area (Å²) >= 11 is 3.09. The Kier molecular flexibility index (Phi) is 3.19. The number of aromatic nitrogens is 2. The van der Waals surface area contributed by atoms with Crippen molar-refractivity contribution in [1.82, 2.24) is 9.97 Å². The maximum atomic E-state index is 13.9. The maximum absolute atomic E-state index is 13.9. The van der Waals surface area contributed by atoms with E-state index in [2.05, 4.69) is 30.6 Å². The van der Waals surface area contributed by atoms with Crippen LogP contribution >= 0.6 is 15.9 Å². The zero-order valence-corrected chi connectivity index (χ0v) is 10.2. The Morgan fingerprint density at radius 2 is 2.24 bits per heavy atom. The first kappa shape index (κ1) is 11.7. The lowest BCUT2D eigenvalue weighted by molar-refractivity contribution is 0.0588. The number of hydrogen-bond donors (Lipinski definition) is 0. The summed E-state index contributed by atoms with van der Waals surface area (Å²) in [6.07, 6.45) is 1.07. The van der Waals surface area contributed by atoms with Crippen LogP contribution in [0.25, 0.3) is 11.5 Å². The molecule has 0 aliphatic carbocycles. The van der Waals surface area contributed by atoms with Crippen LogP contribution in [-0.4, -0.2) is 23.0 Å². The molecule has 0 N–H and O–H groups in total. The number of halogens is 2. The maximum Gasteiger partial charge on any atom is 0.359 e. The van der Waals surface area contributed by atoms with Crippen LogP contribution in [0.4, 0.5) is 4.39 Å². The quantitative estimate of drug-likeness (QED) is 0.797. The van der Waals surface area contributed by atoms with Crippen LogP contribution in [-0.2, 0) is 4.74 Å². The first-order valence-electron chi connectivity index (χ1n) is 4.48. The van der Waals surface area contributed by atoms with Gasteiger partial charge < -0.3 is 9.15 Å². The monoisotopic (exact) mass is 300 g/mol. The van der Waals surface area contributed by atoms with Gasteiger partial charge in [-0.3, -0.25) is 0 Å². The molecule has 88 valence electrons. The Labute approximate surface area is 104 Å². The summed E-state index contributed by atoms with van der Waals surface area (Å²) in [7, 11) is 1.15. The van der Waals surface area contributed by atoms with E-state index in [9.17, 15) is 9.18 Å². The van der Waals surface area contributed by atoms with Crippen LogP contribution in [0.2, 0.25) is 0 Å². The predicted molar refractivity (Wildman–Crippen MR) is 58.7 cm³/mol. The third-order valence-corrected chi connectivity index (χ3v) is 2.40. The Bertz CT molecular complexity index is 570. The Morgan fingerprint density at radius 1 is 1.47 bits per heavy atom. The first-order chi connectivity index (χ1) is 8.13. The van der Waals surface area contributed by atoms with Gasteiger partial charge in [-0.25, -0.2) is 19.2 Å². The van der Waals surface area contributed by atoms with Gasteiger partial charge in [0, 0.05) is 0 Å². The van der Waals surface area contributed by atoms with Crippen molar-refractivity contribution in [3.63, 3.8) is 0 Å². The van der Waals surface area contributed by atoms with Crippen molar-refractivity contribution in [3.8, 4) is 11.5 Å². The number of hydrogen-bond acceptors (Lipinski definition) is 5. The summed E-state index contributed by atoms with van der Waals surface area (Å²) < 4.78 is 23.9. The van der Waals surface area contributed by atoms with Crippen molar-refractivity contribution in [2.75, 3.05) is 7.11 Å². The van der Waals surface area contributed by atoms with Crippen LogP contribution in [0, 0.1) is 5.82 Å². The standard InChI is InChI=1S/C10H6BrFN2O3/c1-16-10(15)9-7(12)8(13-4-14-9)5-2-3-6(11)17-5/h2-4H,1H3. The first-order valence-corrected chi connectivity index (χ1v) is 5.27. The fraction of sp³-hybridized carbons (Fsp3) is 0.100. The van der Waals surface area contributed by atoms with Crippen LogP contribution < -0.4 is 0 Å². The zero-order valence-electron chi connectivity index (χ0n) is 8.61. The molecule has 2 heterocycles. The summed E-state index contributed by atoms with van der Waals surface area (Å²) in [5.41, 5.74) is -0.517. The van der Waals surface area contributed by atoms with Crippen molar-refractivity contribution in [2.45, 2.75) is 0 Å². The second-order valence-corrected chi connectivity index (χ2v) is 3.76. The Balaban J connectivity index is 2.53. The molecule has 0 saturated heterocycles. The minimum absolute atomic E-state index is 0.0916. The van der Waals surface area contributed by atoms with Crippen molar-refractivity contribution in [2.24, 2.45) is 0 Å². The fourth-order valence-electron chi connectivity index (χ4n) is 1.22. The zero-order chi connectivity index (χ0) is 12.4. The molecule has 2 aromatic heterocycles. The highest BCUT2D eigenvalue weighted by molar-refractivity contribution is 9.10. The molecule has 0 amide bonds. The number of nitrogens with zero attached hydrogens (tertiary/aromatic N) is 2. The molecule has 0 atom stereocenters. The molecular formula is C10H6BrFN2O3. The highest BCUT2D eigenvalue weighted by Gasteiger charge is 2.21. The number of methoxy groups -OCH3 is 1. The molecule has 0 bridgehead atoms. The number of rotatable bonds is 2. The largest absolute Gasteiger partial charge is 0.464 e. The average molecular weight is 301 g/mol. The van der Waals surface area contributed by atoms with Gasteiger partial charge >= 0.3 is 5.97 Å². The third-order valence-electron chi connectivity index (χ3n) is 1.97. The van der Waals surface area contributed by atoms with Crippen molar-refractivity contribution >= 4 is 21.9 Å². The molecule has 0 unspecified atom stereocenters. The van der Waals surface area contributed by atoms with E-state index in [1.54, 1.807) is 6.07 Å². The average Bonchev–Trinajstić information content (AvgIpc) is 2.75. The lowest BCUT2D eigenvalue weighted by atomic mass is 10.2. The Hall–Kier alpha value is -1.76. The highest BCUT2D eigenvalue weighted by Crippen LogP contribution is 2.26. The normalized spacial score (nSPS) is 10.3. The van der Waals surface area contributed by atoms with Gasteiger partial charge in [-0.2, -0.15) is 0 Å². The molecule has 0 radical (unpaired) electrons. The lowest BCUT2D eigenvalue weighted by Crippen LogP contribution is -2.09. The molecule has 2 aromatic rings. The van der Waals surface area contributed by atoms with E-state index in [0.29, 0.717) is 4.67 Å². The summed E-state index contributed by atoms with van der Waals surface area (Å²) in [5.74, 6) is -1.54. The number of esters is 1. The molecule has 17 heavy (non-hydrogen) atoms. The molecule has 0 saturated carbocycles. The van der Waals surface area contributed by atoms with E-state index in [4.69, 9.17) is 4.42 Å². The van der Waals surface area contributed by atoms with E-state index in [0.717, 1.165) is 13.4 Å². The second kappa shape index (κ2) is 4.62. The van der Waals surface area contributed by atoms with Crippen molar-refractivity contribution < 1.29 is 18.3 Å². The van der Waals surface area contributed by atoms with E-state index in [1.807, 2.05) is 0 Å². The van der Waals surface area contributed by atoms with E-state index < -0.39 is 17.5 Å². The predicted octanol–water partition coefficient (Wildman–Crippen LogP) is 2.42. The molecule has 0 spiro atoms. The molecule has 0 fully saturated rings. The molecule has 0 aliphatic heterocycles. The van der Waals surface area contributed by atoms with E-state index in [1.165, 1.54) is 6.07 Å². The third kappa shape index (κ3) is 2.19. The van der Waals surface area contributed by atoms with Gasteiger partial charge in [-0.05, 0) is 28.1 Å². The van der Waals surface area contributed by atoms with Gasteiger partial charge in [0.05, 0.1) is 7.11 Å². The van der Waals surface area contributed by atoms with Crippen LogP contribution in [0.5, 0.6) is 0 Å².